The number of hydrogen-bond donors (Lipinski definition) is 1. The molecule has 2 fully saturated rings. The monoisotopic (exact) mass is 273 g/mol. The molecule has 1 aromatic carbocycles. The molecule has 110 valence electrons. The van der Waals surface area contributed by atoms with Gasteiger partial charge in [-0.15, -0.1) is 0 Å². The minimum absolute atomic E-state index is 0.174. The third-order valence-electron chi connectivity index (χ3n) is 5.03. The summed E-state index contributed by atoms with van der Waals surface area (Å²) < 4.78 is 0. The summed E-state index contributed by atoms with van der Waals surface area (Å²) >= 11 is 0. The van der Waals surface area contributed by atoms with E-state index in [1.807, 2.05) is 0 Å². The SMILES string of the molecule is CC[C@@H](N)c1ccc(N2CC3CCCN3CC2C)cc1. The Morgan fingerprint density at radius 1 is 1.25 bits per heavy atom. The summed E-state index contributed by atoms with van der Waals surface area (Å²) in [5.41, 5.74) is 8.71. The number of hydrogen-bond acceptors (Lipinski definition) is 3. The van der Waals surface area contributed by atoms with Crippen LogP contribution in [0.3, 0.4) is 0 Å². The van der Waals surface area contributed by atoms with Crippen LogP contribution in [0.4, 0.5) is 5.69 Å². The Labute approximate surface area is 122 Å². The summed E-state index contributed by atoms with van der Waals surface area (Å²) in [6.07, 6.45) is 3.73. The maximum Gasteiger partial charge on any atom is 0.0389 e. The topological polar surface area (TPSA) is 32.5 Å². The van der Waals surface area contributed by atoms with Gasteiger partial charge in [0, 0.05) is 36.9 Å². The zero-order valence-electron chi connectivity index (χ0n) is 12.8. The van der Waals surface area contributed by atoms with Gasteiger partial charge in [0.15, 0.2) is 0 Å². The van der Waals surface area contributed by atoms with Gasteiger partial charge in [-0.1, -0.05) is 19.1 Å². The lowest BCUT2D eigenvalue weighted by molar-refractivity contribution is 0.203. The first-order valence-electron chi connectivity index (χ1n) is 8.05. The van der Waals surface area contributed by atoms with E-state index < -0.39 is 0 Å². The normalized spacial score (nSPS) is 28.4. The van der Waals surface area contributed by atoms with Crippen LogP contribution < -0.4 is 10.6 Å². The number of benzene rings is 1. The smallest absolute Gasteiger partial charge is 0.0389 e. The number of nitrogens with zero attached hydrogens (tertiary/aromatic N) is 2. The van der Waals surface area contributed by atoms with Crippen LogP contribution in [0, 0.1) is 0 Å². The molecule has 2 aliphatic rings. The van der Waals surface area contributed by atoms with Gasteiger partial charge in [0.1, 0.15) is 0 Å². The lowest BCUT2D eigenvalue weighted by Crippen LogP contribution is -2.55. The van der Waals surface area contributed by atoms with Crippen molar-refractivity contribution in [3.05, 3.63) is 29.8 Å². The van der Waals surface area contributed by atoms with Gasteiger partial charge in [0.05, 0.1) is 0 Å². The molecule has 2 N–H and O–H groups in total. The summed E-state index contributed by atoms with van der Waals surface area (Å²) in [4.78, 5) is 5.25. The molecule has 20 heavy (non-hydrogen) atoms. The largest absolute Gasteiger partial charge is 0.366 e. The number of piperazine rings is 1. The maximum atomic E-state index is 6.10. The van der Waals surface area contributed by atoms with Crippen molar-refractivity contribution < 1.29 is 0 Å². The van der Waals surface area contributed by atoms with E-state index in [4.69, 9.17) is 5.73 Å². The highest BCUT2D eigenvalue weighted by Gasteiger charge is 2.34. The lowest BCUT2D eigenvalue weighted by atomic mass is 10.0. The predicted octanol–water partition coefficient (Wildman–Crippen LogP) is 2.77. The summed E-state index contributed by atoms with van der Waals surface area (Å²) in [5, 5.41) is 0. The molecule has 2 saturated heterocycles. The van der Waals surface area contributed by atoms with E-state index in [9.17, 15) is 0 Å². The minimum Gasteiger partial charge on any atom is -0.366 e. The molecule has 0 saturated carbocycles. The van der Waals surface area contributed by atoms with Crippen LogP contribution in [0.25, 0.3) is 0 Å². The Balaban J connectivity index is 1.74. The van der Waals surface area contributed by atoms with Crippen LogP contribution >= 0.6 is 0 Å². The molecule has 0 radical (unpaired) electrons. The fourth-order valence-electron chi connectivity index (χ4n) is 3.70. The second kappa shape index (κ2) is 5.74. The van der Waals surface area contributed by atoms with Gasteiger partial charge in [0.2, 0.25) is 0 Å². The van der Waals surface area contributed by atoms with Crippen molar-refractivity contribution in [2.45, 2.75) is 51.2 Å². The quantitative estimate of drug-likeness (QED) is 0.919. The van der Waals surface area contributed by atoms with Gasteiger partial charge < -0.3 is 10.6 Å². The van der Waals surface area contributed by atoms with Crippen molar-refractivity contribution in [2.24, 2.45) is 5.73 Å². The standard InChI is InChI=1S/C17H27N3/c1-3-17(18)14-6-8-15(9-7-14)20-12-16-5-4-10-19(16)11-13(20)2/h6-9,13,16-17H,3-5,10-12,18H2,1-2H3/t13?,16?,17-/m1/s1. The van der Waals surface area contributed by atoms with Gasteiger partial charge in [-0.2, -0.15) is 0 Å². The van der Waals surface area contributed by atoms with Crippen LogP contribution in [0.15, 0.2) is 24.3 Å². The van der Waals surface area contributed by atoms with Gasteiger partial charge in [-0.05, 0) is 50.4 Å². The van der Waals surface area contributed by atoms with E-state index in [1.54, 1.807) is 0 Å². The van der Waals surface area contributed by atoms with Crippen LogP contribution in [-0.2, 0) is 0 Å². The molecule has 0 spiro atoms. The first-order chi connectivity index (χ1) is 9.69. The van der Waals surface area contributed by atoms with Crippen molar-refractivity contribution >= 4 is 5.69 Å². The molecule has 2 aliphatic heterocycles. The van der Waals surface area contributed by atoms with E-state index in [0.29, 0.717) is 6.04 Å². The Morgan fingerprint density at radius 3 is 2.70 bits per heavy atom. The van der Waals surface area contributed by atoms with Gasteiger partial charge in [0.25, 0.3) is 0 Å². The fraction of sp³-hybridized carbons (Fsp3) is 0.647. The van der Waals surface area contributed by atoms with E-state index in [2.05, 4.69) is 47.9 Å². The molecule has 0 aromatic heterocycles. The summed E-state index contributed by atoms with van der Waals surface area (Å²) in [7, 11) is 0. The Morgan fingerprint density at radius 2 is 2.00 bits per heavy atom. The molecule has 3 atom stereocenters. The Hall–Kier alpha value is -1.06. The Kier molecular flexibility index (Phi) is 3.99. The predicted molar refractivity (Wildman–Crippen MR) is 85.1 cm³/mol. The highest BCUT2D eigenvalue weighted by Crippen LogP contribution is 2.29. The third-order valence-corrected chi connectivity index (χ3v) is 5.03. The minimum atomic E-state index is 0.174. The molecule has 0 aliphatic carbocycles. The molecular formula is C17H27N3. The third kappa shape index (κ3) is 2.57. The van der Waals surface area contributed by atoms with Crippen LogP contribution in [0.2, 0.25) is 0 Å². The highest BCUT2D eigenvalue weighted by atomic mass is 15.3. The van der Waals surface area contributed by atoms with E-state index in [-0.39, 0.29) is 6.04 Å². The zero-order valence-corrected chi connectivity index (χ0v) is 12.8. The number of anilines is 1. The zero-order chi connectivity index (χ0) is 14.1. The molecule has 1 aromatic rings. The van der Waals surface area contributed by atoms with Crippen molar-refractivity contribution in [3.63, 3.8) is 0 Å². The molecule has 3 nitrogen and oxygen atoms in total. The number of fused-ring (bicyclic) bond motifs is 1. The summed E-state index contributed by atoms with van der Waals surface area (Å²) in [6.45, 7) is 8.18. The fourth-order valence-corrected chi connectivity index (χ4v) is 3.70. The average molecular weight is 273 g/mol. The molecule has 2 unspecified atom stereocenters. The lowest BCUT2D eigenvalue weighted by Gasteiger charge is -2.43. The van der Waals surface area contributed by atoms with Crippen molar-refractivity contribution in [1.82, 2.24) is 4.90 Å². The van der Waals surface area contributed by atoms with Crippen LogP contribution in [0.5, 0.6) is 0 Å². The van der Waals surface area contributed by atoms with E-state index >= 15 is 0 Å². The summed E-state index contributed by atoms with van der Waals surface area (Å²) in [5.74, 6) is 0. The second-order valence-corrected chi connectivity index (χ2v) is 6.40. The highest BCUT2D eigenvalue weighted by molar-refractivity contribution is 5.49. The van der Waals surface area contributed by atoms with E-state index in [0.717, 1.165) is 12.5 Å². The maximum absolute atomic E-state index is 6.10. The van der Waals surface area contributed by atoms with Crippen molar-refractivity contribution in [2.75, 3.05) is 24.5 Å². The molecule has 3 heteroatoms. The van der Waals surface area contributed by atoms with Crippen LogP contribution in [0.1, 0.15) is 44.7 Å². The van der Waals surface area contributed by atoms with Crippen molar-refractivity contribution in [3.8, 4) is 0 Å². The van der Waals surface area contributed by atoms with E-state index in [1.165, 1.54) is 43.7 Å². The molecule has 0 bridgehead atoms. The molecule has 0 amide bonds. The second-order valence-electron chi connectivity index (χ2n) is 6.40. The van der Waals surface area contributed by atoms with Crippen molar-refractivity contribution in [1.29, 1.82) is 0 Å². The van der Waals surface area contributed by atoms with Crippen LogP contribution in [-0.4, -0.2) is 36.6 Å². The van der Waals surface area contributed by atoms with Gasteiger partial charge >= 0.3 is 0 Å². The Bertz CT molecular complexity index is 442. The summed E-state index contributed by atoms with van der Waals surface area (Å²) in [6, 6.07) is 10.5. The number of nitrogens with two attached hydrogens (primary N) is 1. The molecular weight excluding hydrogens is 246 g/mol. The molecule has 2 heterocycles. The molecule has 3 rings (SSSR count). The number of rotatable bonds is 3. The average Bonchev–Trinajstić information content (AvgIpc) is 2.93. The van der Waals surface area contributed by atoms with Gasteiger partial charge in [-0.25, -0.2) is 0 Å². The first kappa shape index (κ1) is 13.9. The first-order valence-corrected chi connectivity index (χ1v) is 8.05. The van der Waals surface area contributed by atoms with Gasteiger partial charge in [-0.3, -0.25) is 4.90 Å².